The monoisotopic (exact) mass is 370 g/mol. The lowest BCUT2D eigenvalue weighted by Crippen LogP contribution is -2.41. The summed E-state index contributed by atoms with van der Waals surface area (Å²) < 4.78 is 11.2. The first-order valence-electron chi connectivity index (χ1n) is 8.54. The van der Waals surface area contributed by atoms with Gasteiger partial charge in [-0.25, -0.2) is 9.78 Å². The van der Waals surface area contributed by atoms with Crippen LogP contribution in [0.15, 0.2) is 47.1 Å². The molecule has 3 aromatic rings. The molecule has 3 heterocycles. The third-order valence-corrected chi connectivity index (χ3v) is 5.68. The van der Waals surface area contributed by atoms with Crippen molar-refractivity contribution in [3.8, 4) is 0 Å². The number of furan rings is 1. The van der Waals surface area contributed by atoms with Crippen LogP contribution in [0.3, 0.4) is 0 Å². The molecule has 1 aromatic carbocycles. The normalized spacial score (nSPS) is 17.4. The molecule has 1 amide bonds. The van der Waals surface area contributed by atoms with Gasteiger partial charge in [0, 0.05) is 19.0 Å². The van der Waals surface area contributed by atoms with Crippen molar-refractivity contribution in [2.24, 2.45) is 0 Å². The molecule has 0 bridgehead atoms. The van der Waals surface area contributed by atoms with E-state index < -0.39 is 5.97 Å². The Morgan fingerprint density at radius 2 is 2.15 bits per heavy atom. The van der Waals surface area contributed by atoms with Crippen LogP contribution in [0, 0.1) is 0 Å². The Bertz CT molecular complexity index is 886. The number of piperidine rings is 1. The third-order valence-electron chi connectivity index (χ3n) is 4.48. The molecule has 134 valence electrons. The molecule has 0 radical (unpaired) electrons. The van der Waals surface area contributed by atoms with Gasteiger partial charge in [-0.2, -0.15) is 0 Å². The highest BCUT2D eigenvalue weighted by atomic mass is 32.1. The number of likely N-dealkylation sites (tertiary alicyclic amines) is 1. The van der Waals surface area contributed by atoms with E-state index in [0.29, 0.717) is 13.1 Å². The Hall–Kier alpha value is -2.67. The number of para-hydroxylation sites is 1. The zero-order chi connectivity index (χ0) is 17.9. The SMILES string of the molecule is O=C(OCC(=O)N1CCC[C@@H](c2nc3ccccc3s2)C1)c1ccco1. The highest BCUT2D eigenvalue weighted by Gasteiger charge is 2.27. The van der Waals surface area contributed by atoms with Crippen molar-refractivity contribution < 1.29 is 18.7 Å². The zero-order valence-corrected chi connectivity index (χ0v) is 14.9. The van der Waals surface area contributed by atoms with Crippen LogP contribution in [0.2, 0.25) is 0 Å². The fourth-order valence-electron chi connectivity index (χ4n) is 3.15. The van der Waals surface area contributed by atoms with Gasteiger partial charge >= 0.3 is 5.97 Å². The number of fused-ring (bicyclic) bond motifs is 1. The van der Waals surface area contributed by atoms with Crippen LogP contribution in [0.4, 0.5) is 0 Å². The predicted molar refractivity (Wildman–Crippen MR) is 97.2 cm³/mol. The molecular formula is C19H18N2O4S. The van der Waals surface area contributed by atoms with E-state index in [1.807, 2.05) is 18.2 Å². The number of hydrogen-bond donors (Lipinski definition) is 0. The minimum atomic E-state index is -0.622. The topological polar surface area (TPSA) is 72.6 Å². The molecule has 2 aromatic heterocycles. The highest BCUT2D eigenvalue weighted by Crippen LogP contribution is 2.32. The number of hydrogen-bond acceptors (Lipinski definition) is 6. The molecule has 4 rings (SSSR count). The molecule has 1 aliphatic rings. The first-order valence-corrected chi connectivity index (χ1v) is 9.36. The van der Waals surface area contributed by atoms with E-state index in [2.05, 4.69) is 6.07 Å². The van der Waals surface area contributed by atoms with Crippen molar-refractivity contribution in [3.63, 3.8) is 0 Å². The van der Waals surface area contributed by atoms with Gasteiger partial charge in [-0.3, -0.25) is 4.79 Å². The molecule has 0 unspecified atom stereocenters. The number of esters is 1. The van der Waals surface area contributed by atoms with Crippen molar-refractivity contribution in [1.29, 1.82) is 0 Å². The summed E-state index contributed by atoms with van der Waals surface area (Å²) in [5.74, 6) is -0.478. The Labute approximate surface area is 154 Å². The predicted octanol–water partition coefficient (Wildman–Crippen LogP) is 3.45. The van der Waals surface area contributed by atoms with Crippen molar-refractivity contribution in [3.05, 3.63) is 53.4 Å². The number of amides is 1. The summed E-state index contributed by atoms with van der Waals surface area (Å²) in [6, 6.07) is 11.2. The van der Waals surface area contributed by atoms with Gasteiger partial charge in [0.25, 0.3) is 5.91 Å². The van der Waals surface area contributed by atoms with Gasteiger partial charge in [0.15, 0.2) is 6.61 Å². The van der Waals surface area contributed by atoms with E-state index >= 15 is 0 Å². The molecule has 0 N–H and O–H groups in total. The molecule has 1 aliphatic heterocycles. The molecule has 1 fully saturated rings. The van der Waals surface area contributed by atoms with Crippen LogP contribution >= 0.6 is 11.3 Å². The summed E-state index contributed by atoms with van der Waals surface area (Å²) in [7, 11) is 0. The van der Waals surface area contributed by atoms with Crippen LogP contribution < -0.4 is 0 Å². The lowest BCUT2D eigenvalue weighted by Gasteiger charge is -2.31. The van der Waals surface area contributed by atoms with Gasteiger partial charge in [0.05, 0.1) is 21.5 Å². The largest absolute Gasteiger partial charge is 0.457 e. The fraction of sp³-hybridized carbons (Fsp3) is 0.316. The number of nitrogens with zero attached hydrogens (tertiary/aromatic N) is 2. The lowest BCUT2D eigenvalue weighted by atomic mass is 9.99. The Morgan fingerprint density at radius 1 is 1.27 bits per heavy atom. The van der Waals surface area contributed by atoms with Crippen molar-refractivity contribution >= 4 is 33.4 Å². The molecule has 1 atom stereocenters. The van der Waals surface area contributed by atoms with Crippen LogP contribution in [0.1, 0.15) is 34.3 Å². The van der Waals surface area contributed by atoms with E-state index in [9.17, 15) is 9.59 Å². The maximum absolute atomic E-state index is 12.4. The maximum atomic E-state index is 12.4. The molecule has 6 nitrogen and oxygen atoms in total. The van der Waals surface area contributed by atoms with Gasteiger partial charge < -0.3 is 14.1 Å². The Balaban J connectivity index is 1.38. The molecular weight excluding hydrogens is 352 g/mol. The Morgan fingerprint density at radius 3 is 2.96 bits per heavy atom. The maximum Gasteiger partial charge on any atom is 0.374 e. The van der Waals surface area contributed by atoms with E-state index in [1.165, 1.54) is 17.0 Å². The lowest BCUT2D eigenvalue weighted by molar-refractivity contribution is -0.135. The average Bonchev–Trinajstić information content (AvgIpc) is 3.35. The summed E-state index contributed by atoms with van der Waals surface area (Å²) in [5, 5.41) is 1.07. The minimum absolute atomic E-state index is 0.101. The van der Waals surface area contributed by atoms with E-state index in [-0.39, 0.29) is 24.2 Å². The number of benzene rings is 1. The molecule has 0 spiro atoms. The van der Waals surface area contributed by atoms with Gasteiger partial charge in [-0.1, -0.05) is 12.1 Å². The van der Waals surface area contributed by atoms with Crippen LogP contribution in [0.25, 0.3) is 10.2 Å². The summed E-state index contributed by atoms with van der Waals surface area (Å²) in [6.45, 7) is 1.02. The molecule has 26 heavy (non-hydrogen) atoms. The molecule has 1 saturated heterocycles. The number of thiazole rings is 1. The second-order valence-electron chi connectivity index (χ2n) is 6.25. The minimum Gasteiger partial charge on any atom is -0.457 e. The number of aromatic nitrogens is 1. The molecule has 0 saturated carbocycles. The standard InChI is InChI=1S/C19H18N2O4S/c22-17(12-25-19(23)15-7-4-10-24-15)21-9-3-5-13(11-21)18-20-14-6-1-2-8-16(14)26-18/h1-2,4,6-8,10,13H,3,5,9,11-12H2/t13-/m1/s1. The summed E-state index contributed by atoms with van der Waals surface area (Å²) in [5.41, 5.74) is 1.00. The second-order valence-corrected chi connectivity index (χ2v) is 7.31. The number of ether oxygens (including phenoxy) is 1. The average molecular weight is 370 g/mol. The smallest absolute Gasteiger partial charge is 0.374 e. The first kappa shape index (κ1) is 16.8. The van der Waals surface area contributed by atoms with Crippen molar-refractivity contribution in [2.75, 3.05) is 19.7 Å². The zero-order valence-electron chi connectivity index (χ0n) is 14.1. The van der Waals surface area contributed by atoms with Gasteiger partial charge in [0.2, 0.25) is 5.76 Å². The summed E-state index contributed by atoms with van der Waals surface area (Å²) in [6.07, 6.45) is 3.32. The van der Waals surface area contributed by atoms with E-state index in [1.54, 1.807) is 22.3 Å². The van der Waals surface area contributed by atoms with Gasteiger partial charge in [-0.15, -0.1) is 11.3 Å². The first-order chi connectivity index (χ1) is 12.7. The highest BCUT2D eigenvalue weighted by molar-refractivity contribution is 7.18. The summed E-state index contributed by atoms with van der Waals surface area (Å²) >= 11 is 1.69. The number of carbonyl (C=O) groups excluding carboxylic acids is 2. The second kappa shape index (κ2) is 7.29. The van der Waals surface area contributed by atoms with Gasteiger partial charge in [0.1, 0.15) is 0 Å². The summed E-state index contributed by atoms with van der Waals surface area (Å²) in [4.78, 5) is 30.7. The van der Waals surface area contributed by atoms with Crippen LogP contribution in [-0.4, -0.2) is 41.5 Å². The molecule has 7 heteroatoms. The van der Waals surface area contributed by atoms with Crippen molar-refractivity contribution in [1.82, 2.24) is 9.88 Å². The van der Waals surface area contributed by atoms with E-state index in [4.69, 9.17) is 14.1 Å². The Kier molecular flexibility index (Phi) is 4.71. The number of carbonyl (C=O) groups is 2. The van der Waals surface area contributed by atoms with Gasteiger partial charge in [-0.05, 0) is 37.1 Å². The number of rotatable bonds is 4. The molecule has 0 aliphatic carbocycles. The fourth-order valence-corrected chi connectivity index (χ4v) is 4.25. The quantitative estimate of drug-likeness (QED) is 0.658. The third kappa shape index (κ3) is 3.48. The van der Waals surface area contributed by atoms with Crippen molar-refractivity contribution in [2.45, 2.75) is 18.8 Å². The van der Waals surface area contributed by atoms with Crippen LogP contribution in [0.5, 0.6) is 0 Å². The van der Waals surface area contributed by atoms with Crippen LogP contribution in [-0.2, 0) is 9.53 Å². The van der Waals surface area contributed by atoms with E-state index in [0.717, 1.165) is 23.4 Å².